The summed E-state index contributed by atoms with van der Waals surface area (Å²) < 4.78 is 5.18. The third-order valence-corrected chi connectivity index (χ3v) is 3.24. The average molecular weight is 249 g/mol. The molecule has 0 saturated carbocycles. The summed E-state index contributed by atoms with van der Waals surface area (Å²) in [4.78, 5) is 8.47. The van der Waals surface area contributed by atoms with Crippen LogP contribution >= 0.6 is 11.8 Å². The molecular formula is C12H15N3OS. The van der Waals surface area contributed by atoms with Gasteiger partial charge in [0.1, 0.15) is 11.3 Å². The highest BCUT2D eigenvalue weighted by atomic mass is 32.2. The number of nitrogens with two attached hydrogens (primary N) is 1. The van der Waals surface area contributed by atoms with Gasteiger partial charge in [0.15, 0.2) is 0 Å². The summed E-state index contributed by atoms with van der Waals surface area (Å²) in [5.41, 5.74) is 8.04. The third-order valence-electron chi connectivity index (χ3n) is 2.24. The van der Waals surface area contributed by atoms with Gasteiger partial charge in [0.05, 0.1) is 6.20 Å². The van der Waals surface area contributed by atoms with Crippen molar-refractivity contribution >= 4 is 11.8 Å². The minimum Gasteiger partial charge on any atom is -0.440 e. The Labute approximate surface area is 105 Å². The zero-order chi connectivity index (χ0) is 12.3. The summed E-state index contributed by atoms with van der Waals surface area (Å²) in [7, 11) is 0. The highest BCUT2D eigenvalue weighted by molar-refractivity contribution is 7.99. The number of hydrogen-bond donors (Lipinski definition) is 1. The van der Waals surface area contributed by atoms with Crippen LogP contribution in [-0.2, 0) is 6.42 Å². The number of hydrogen-bond acceptors (Lipinski definition) is 5. The second kappa shape index (κ2) is 5.33. The number of pyridine rings is 1. The van der Waals surface area contributed by atoms with E-state index >= 15 is 0 Å². The van der Waals surface area contributed by atoms with Crippen molar-refractivity contribution in [1.82, 2.24) is 9.97 Å². The molecule has 0 amide bonds. The molecule has 0 fully saturated rings. The molecule has 2 heterocycles. The van der Waals surface area contributed by atoms with E-state index in [1.807, 2.05) is 20.0 Å². The van der Waals surface area contributed by atoms with Gasteiger partial charge in [-0.1, -0.05) is 6.07 Å². The largest absolute Gasteiger partial charge is 0.440 e. The first kappa shape index (κ1) is 12.1. The molecule has 0 bridgehead atoms. The molecule has 0 aliphatic heterocycles. The summed E-state index contributed by atoms with van der Waals surface area (Å²) in [6.45, 7) is 4.02. The van der Waals surface area contributed by atoms with E-state index in [1.54, 1.807) is 12.5 Å². The van der Waals surface area contributed by atoms with Gasteiger partial charge in [0.25, 0.3) is 5.22 Å². The number of aromatic nitrogens is 2. The zero-order valence-corrected chi connectivity index (χ0v) is 10.7. The lowest BCUT2D eigenvalue weighted by Crippen LogP contribution is -2.17. The van der Waals surface area contributed by atoms with Crippen LogP contribution in [0.3, 0.4) is 0 Å². The van der Waals surface area contributed by atoms with Crippen molar-refractivity contribution in [3.8, 4) is 0 Å². The molecule has 2 aromatic heterocycles. The van der Waals surface area contributed by atoms with Gasteiger partial charge < -0.3 is 10.2 Å². The van der Waals surface area contributed by atoms with Gasteiger partial charge in [-0.2, -0.15) is 0 Å². The maximum Gasteiger partial charge on any atom is 0.261 e. The maximum absolute atomic E-state index is 5.76. The van der Waals surface area contributed by atoms with E-state index in [2.05, 4.69) is 16.0 Å². The van der Waals surface area contributed by atoms with Crippen LogP contribution in [0, 0.1) is 6.92 Å². The molecule has 1 unspecified atom stereocenters. The Bertz CT molecular complexity index is 483. The summed E-state index contributed by atoms with van der Waals surface area (Å²) in [5, 5.41) is 1.53. The Morgan fingerprint density at radius 3 is 2.88 bits per heavy atom. The molecule has 0 aliphatic rings. The molecule has 5 heteroatoms. The smallest absolute Gasteiger partial charge is 0.261 e. The summed E-state index contributed by atoms with van der Waals surface area (Å²) in [6.07, 6.45) is 5.89. The van der Waals surface area contributed by atoms with E-state index in [-0.39, 0.29) is 6.04 Å². The van der Waals surface area contributed by atoms with E-state index < -0.39 is 0 Å². The van der Waals surface area contributed by atoms with Gasteiger partial charge in [-0.05, 0) is 43.2 Å². The van der Waals surface area contributed by atoms with Crippen LogP contribution < -0.4 is 5.73 Å². The molecule has 2 rings (SSSR count). The first-order chi connectivity index (χ1) is 8.15. The number of nitrogens with zero attached hydrogens (tertiary/aromatic N) is 2. The van der Waals surface area contributed by atoms with Gasteiger partial charge in [0.2, 0.25) is 0 Å². The summed E-state index contributed by atoms with van der Waals surface area (Å²) in [5.74, 6) is 0. The van der Waals surface area contributed by atoms with Crippen LogP contribution in [0.5, 0.6) is 0 Å². The predicted octanol–water partition coefficient (Wildman–Crippen LogP) is 2.42. The molecule has 0 radical (unpaired) electrons. The number of oxazole rings is 1. The molecule has 1 atom stereocenters. The van der Waals surface area contributed by atoms with Crippen LogP contribution in [0.4, 0.5) is 0 Å². The van der Waals surface area contributed by atoms with Crippen molar-refractivity contribution in [1.29, 1.82) is 0 Å². The van der Waals surface area contributed by atoms with Gasteiger partial charge >= 0.3 is 0 Å². The zero-order valence-electron chi connectivity index (χ0n) is 9.88. The fraction of sp³-hybridized carbons (Fsp3) is 0.333. The van der Waals surface area contributed by atoms with E-state index in [1.165, 1.54) is 11.8 Å². The molecule has 2 aromatic rings. The lowest BCUT2D eigenvalue weighted by molar-refractivity contribution is 0.454. The quantitative estimate of drug-likeness (QED) is 0.901. The van der Waals surface area contributed by atoms with Crippen LogP contribution in [0.15, 0.2) is 39.4 Å². The molecule has 0 spiro atoms. The van der Waals surface area contributed by atoms with Crippen LogP contribution in [-0.4, -0.2) is 16.0 Å². The SMILES string of the molecule is Cc1cc(CC(C)N)cnc1Sc1ncco1. The Hall–Kier alpha value is -1.33. The second-order valence-electron chi connectivity index (χ2n) is 4.05. The van der Waals surface area contributed by atoms with Gasteiger partial charge in [-0.15, -0.1) is 0 Å². The standard InChI is InChI=1S/C12H15N3OS/c1-8-5-10(6-9(2)13)7-15-11(8)17-12-14-3-4-16-12/h3-5,7,9H,6,13H2,1-2H3. The predicted molar refractivity (Wildman–Crippen MR) is 67.0 cm³/mol. The monoisotopic (exact) mass is 249 g/mol. The molecule has 0 aliphatic carbocycles. The molecule has 0 saturated heterocycles. The van der Waals surface area contributed by atoms with Gasteiger partial charge in [0, 0.05) is 12.2 Å². The minimum absolute atomic E-state index is 0.154. The van der Waals surface area contributed by atoms with Crippen molar-refractivity contribution in [2.45, 2.75) is 36.6 Å². The topological polar surface area (TPSA) is 64.9 Å². The maximum atomic E-state index is 5.76. The lowest BCUT2D eigenvalue weighted by atomic mass is 10.1. The Kier molecular flexibility index (Phi) is 3.81. The normalized spacial score (nSPS) is 12.6. The number of aryl methyl sites for hydroxylation is 1. The first-order valence-corrected chi connectivity index (χ1v) is 6.25. The van der Waals surface area contributed by atoms with E-state index in [0.29, 0.717) is 5.22 Å². The summed E-state index contributed by atoms with van der Waals surface area (Å²) >= 11 is 1.43. The van der Waals surface area contributed by atoms with E-state index in [9.17, 15) is 0 Å². The average Bonchev–Trinajstić information content (AvgIpc) is 2.74. The van der Waals surface area contributed by atoms with Crippen molar-refractivity contribution in [2.75, 3.05) is 0 Å². The second-order valence-corrected chi connectivity index (χ2v) is 4.99. The third kappa shape index (κ3) is 3.31. The van der Waals surface area contributed by atoms with Crippen LogP contribution in [0.25, 0.3) is 0 Å². The fourth-order valence-electron chi connectivity index (χ4n) is 1.55. The van der Waals surface area contributed by atoms with Crippen molar-refractivity contribution in [2.24, 2.45) is 5.73 Å². The fourth-order valence-corrected chi connectivity index (χ4v) is 2.26. The molecule has 0 aromatic carbocycles. The highest BCUT2D eigenvalue weighted by Crippen LogP contribution is 2.27. The number of rotatable bonds is 4. The molecule has 90 valence electrons. The Morgan fingerprint density at radius 2 is 2.29 bits per heavy atom. The molecule has 2 N–H and O–H groups in total. The Balaban J connectivity index is 2.14. The lowest BCUT2D eigenvalue weighted by Gasteiger charge is -2.07. The van der Waals surface area contributed by atoms with Crippen molar-refractivity contribution < 1.29 is 4.42 Å². The van der Waals surface area contributed by atoms with E-state index in [4.69, 9.17) is 10.2 Å². The minimum atomic E-state index is 0.154. The molecule has 17 heavy (non-hydrogen) atoms. The van der Waals surface area contributed by atoms with Crippen LogP contribution in [0.1, 0.15) is 18.1 Å². The van der Waals surface area contributed by atoms with Crippen LogP contribution in [0.2, 0.25) is 0 Å². The first-order valence-electron chi connectivity index (χ1n) is 5.43. The molecule has 4 nitrogen and oxygen atoms in total. The van der Waals surface area contributed by atoms with Crippen molar-refractivity contribution in [3.05, 3.63) is 35.9 Å². The summed E-state index contributed by atoms with van der Waals surface area (Å²) in [6, 6.07) is 2.27. The van der Waals surface area contributed by atoms with Crippen molar-refractivity contribution in [3.63, 3.8) is 0 Å². The van der Waals surface area contributed by atoms with Gasteiger partial charge in [-0.25, -0.2) is 9.97 Å². The Morgan fingerprint density at radius 1 is 1.47 bits per heavy atom. The molecular weight excluding hydrogens is 234 g/mol. The highest BCUT2D eigenvalue weighted by Gasteiger charge is 2.08. The van der Waals surface area contributed by atoms with Gasteiger partial charge in [-0.3, -0.25) is 0 Å². The van der Waals surface area contributed by atoms with E-state index in [0.717, 1.165) is 22.6 Å².